The Labute approximate surface area is 116 Å². The van der Waals surface area contributed by atoms with Crippen LogP contribution in [0, 0.1) is 5.92 Å². The summed E-state index contributed by atoms with van der Waals surface area (Å²) < 4.78 is 5.48. The van der Waals surface area contributed by atoms with Gasteiger partial charge < -0.3 is 10.1 Å². The molecule has 2 fully saturated rings. The van der Waals surface area contributed by atoms with Crippen LogP contribution in [0.5, 0.6) is 0 Å². The van der Waals surface area contributed by atoms with Crippen LogP contribution in [0.1, 0.15) is 37.7 Å². The maximum atomic E-state index is 5.48. The predicted molar refractivity (Wildman–Crippen MR) is 78.4 cm³/mol. The first kappa shape index (κ1) is 13.1. The lowest BCUT2D eigenvalue weighted by Gasteiger charge is -2.32. The average Bonchev–Trinajstić information content (AvgIpc) is 3.28. The highest BCUT2D eigenvalue weighted by Gasteiger charge is 2.50. The fourth-order valence-electron chi connectivity index (χ4n) is 3.68. The average molecular weight is 259 g/mol. The molecular weight excluding hydrogens is 234 g/mol. The lowest BCUT2D eigenvalue weighted by molar-refractivity contribution is 0.0592. The van der Waals surface area contributed by atoms with Crippen molar-refractivity contribution in [1.82, 2.24) is 5.32 Å². The molecule has 1 aromatic rings. The van der Waals surface area contributed by atoms with Gasteiger partial charge in [-0.2, -0.15) is 0 Å². The van der Waals surface area contributed by atoms with E-state index in [1.165, 1.54) is 37.7 Å². The first-order valence-electron chi connectivity index (χ1n) is 7.66. The monoisotopic (exact) mass is 259 g/mol. The molecule has 1 unspecified atom stereocenters. The summed E-state index contributed by atoms with van der Waals surface area (Å²) in [5, 5.41) is 3.61. The number of rotatable bonds is 5. The van der Waals surface area contributed by atoms with Gasteiger partial charge in [0.15, 0.2) is 0 Å². The molecular formula is C17H25NO. The first-order chi connectivity index (χ1) is 9.35. The van der Waals surface area contributed by atoms with E-state index in [9.17, 15) is 0 Å². The van der Waals surface area contributed by atoms with Crippen molar-refractivity contribution in [1.29, 1.82) is 0 Å². The number of ether oxygens (including phenoxy) is 1. The Bertz CT molecular complexity index is 393. The van der Waals surface area contributed by atoms with Gasteiger partial charge in [0.25, 0.3) is 0 Å². The third-order valence-electron chi connectivity index (χ3n) is 5.06. The summed E-state index contributed by atoms with van der Waals surface area (Å²) >= 11 is 0. The maximum Gasteiger partial charge on any atom is 0.0468 e. The van der Waals surface area contributed by atoms with E-state index in [4.69, 9.17) is 4.74 Å². The van der Waals surface area contributed by atoms with Gasteiger partial charge in [0.2, 0.25) is 0 Å². The van der Waals surface area contributed by atoms with Crippen molar-refractivity contribution in [2.24, 2.45) is 5.92 Å². The van der Waals surface area contributed by atoms with Crippen LogP contribution in [0.2, 0.25) is 0 Å². The van der Waals surface area contributed by atoms with Gasteiger partial charge in [-0.3, -0.25) is 0 Å². The van der Waals surface area contributed by atoms with Crippen molar-refractivity contribution in [3.63, 3.8) is 0 Å². The van der Waals surface area contributed by atoms with Crippen LogP contribution in [0.4, 0.5) is 0 Å². The zero-order valence-corrected chi connectivity index (χ0v) is 11.9. The highest BCUT2D eigenvalue weighted by molar-refractivity contribution is 5.33. The van der Waals surface area contributed by atoms with Gasteiger partial charge in [-0.05, 0) is 50.6 Å². The van der Waals surface area contributed by atoms with Crippen LogP contribution < -0.4 is 5.32 Å². The van der Waals surface area contributed by atoms with E-state index in [0.717, 1.165) is 19.1 Å². The Morgan fingerprint density at radius 2 is 1.89 bits per heavy atom. The molecule has 1 heterocycles. The van der Waals surface area contributed by atoms with E-state index in [-0.39, 0.29) is 0 Å². The van der Waals surface area contributed by atoms with Crippen LogP contribution in [-0.2, 0) is 10.2 Å². The number of hydrogen-bond donors (Lipinski definition) is 1. The molecule has 2 heteroatoms. The van der Waals surface area contributed by atoms with E-state index in [1.807, 2.05) is 0 Å². The zero-order chi connectivity index (χ0) is 13.1. The summed E-state index contributed by atoms with van der Waals surface area (Å²) in [5.74, 6) is 0.840. The summed E-state index contributed by atoms with van der Waals surface area (Å²) in [5.41, 5.74) is 1.94. The summed E-state index contributed by atoms with van der Waals surface area (Å²) in [7, 11) is 2.13. The third-order valence-corrected chi connectivity index (χ3v) is 5.06. The van der Waals surface area contributed by atoms with Crippen molar-refractivity contribution in [3.8, 4) is 0 Å². The SMILES string of the molecule is CNC(CC1CCOCC1)C1(c2ccccc2)CC1. The minimum absolute atomic E-state index is 0.411. The lowest BCUT2D eigenvalue weighted by Crippen LogP contribution is -2.40. The van der Waals surface area contributed by atoms with Crippen molar-refractivity contribution in [3.05, 3.63) is 35.9 Å². The molecule has 3 rings (SSSR count). The molecule has 1 saturated carbocycles. The Morgan fingerprint density at radius 3 is 2.47 bits per heavy atom. The molecule has 0 amide bonds. The second-order valence-corrected chi connectivity index (χ2v) is 6.15. The molecule has 0 aromatic heterocycles. The van der Waals surface area contributed by atoms with Crippen LogP contribution in [0.15, 0.2) is 30.3 Å². The van der Waals surface area contributed by atoms with Crippen LogP contribution >= 0.6 is 0 Å². The quantitative estimate of drug-likeness (QED) is 0.877. The fourth-order valence-corrected chi connectivity index (χ4v) is 3.68. The second-order valence-electron chi connectivity index (χ2n) is 6.15. The van der Waals surface area contributed by atoms with Crippen molar-refractivity contribution >= 4 is 0 Å². The topological polar surface area (TPSA) is 21.3 Å². The standard InChI is InChI=1S/C17H25NO/c1-18-16(13-14-7-11-19-12-8-14)17(9-10-17)15-5-3-2-4-6-15/h2-6,14,16,18H,7-13H2,1H3. The Kier molecular flexibility index (Phi) is 3.90. The molecule has 1 aliphatic carbocycles. The molecule has 0 radical (unpaired) electrons. The lowest BCUT2D eigenvalue weighted by atomic mass is 9.81. The maximum absolute atomic E-state index is 5.48. The largest absolute Gasteiger partial charge is 0.381 e. The molecule has 1 N–H and O–H groups in total. The van der Waals surface area contributed by atoms with E-state index >= 15 is 0 Å². The Morgan fingerprint density at radius 1 is 1.21 bits per heavy atom. The van der Waals surface area contributed by atoms with Gasteiger partial charge in [0, 0.05) is 24.7 Å². The van der Waals surface area contributed by atoms with Crippen LogP contribution in [0.3, 0.4) is 0 Å². The number of hydrogen-bond acceptors (Lipinski definition) is 2. The van der Waals surface area contributed by atoms with Crippen LogP contribution in [0.25, 0.3) is 0 Å². The predicted octanol–water partition coefficient (Wildman–Crippen LogP) is 3.12. The summed E-state index contributed by atoms with van der Waals surface area (Å²) in [6, 6.07) is 11.7. The molecule has 0 bridgehead atoms. The molecule has 0 spiro atoms. The second kappa shape index (κ2) is 5.64. The van der Waals surface area contributed by atoms with E-state index in [1.54, 1.807) is 0 Å². The van der Waals surface area contributed by atoms with Gasteiger partial charge in [0.1, 0.15) is 0 Å². The van der Waals surface area contributed by atoms with Crippen molar-refractivity contribution in [2.45, 2.75) is 43.6 Å². The Hall–Kier alpha value is -0.860. The number of likely N-dealkylation sites (N-methyl/N-ethyl adjacent to an activating group) is 1. The van der Waals surface area contributed by atoms with Crippen molar-refractivity contribution in [2.75, 3.05) is 20.3 Å². The molecule has 2 nitrogen and oxygen atoms in total. The number of benzene rings is 1. The van der Waals surface area contributed by atoms with Gasteiger partial charge in [0.05, 0.1) is 0 Å². The summed E-state index contributed by atoms with van der Waals surface area (Å²) in [4.78, 5) is 0. The van der Waals surface area contributed by atoms with Crippen LogP contribution in [-0.4, -0.2) is 26.3 Å². The molecule has 1 aromatic carbocycles. The Balaban J connectivity index is 1.71. The molecule has 104 valence electrons. The highest BCUT2D eigenvalue weighted by Crippen LogP contribution is 2.52. The smallest absolute Gasteiger partial charge is 0.0468 e. The first-order valence-corrected chi connectivity index (χ1v) is 7.66. The molecule has 19 heavy (non-hydrogen) atoms. The zero-order valence-electron chi connectivity index (χ0n) is 11.9. The van der Waals surface area contributed by atoms with Gasteiger partial charge in [-0.1, -0.05) is 30.3 Å². The van der Waals surface area contributed by atoms with Gasteiger partial charge >= 0.3 is 0 Å². The normalized spacial score (nSPS) is 24.1. The van der Waals surface area contributed by atoms with E-state index in [0.29, 0.717) is 11.5 Å². The molecule has 1 atom stereocenters. The van der Waals surface area contributed by atoms with Crippen molar-refractivity contribution < 1.29 is 4.74 Å². The summed E-state index contributed by atoms with van der Waals surface area (Å²) in [6.45, 7) is 1.92. The minimum atomic E-state index is 0.411. The fraction of sp³-hybridized carbons (Fsp3) is 0.647. The molecule has 2 aliphatic rings. The van der Waals surface area contributed by atoms with E-state index < -0.39 is 0 Å². The molecule has 1 aliphatic heterocycles. The molecule has 1 saturated heterocycles. The summed E-state index contributed by atoms with van der Waals surface area (Å²) in [6.07, 6.45) is 6.46. The minimum Gasteiger partial charge on any atom is -0.381 e. The van der Waals surface area contributed by atoms with E-state index in [2.05, 4.69) is 42.7 Å². The van der Waals surface area contributed by atoms with Gasteiger partial charge in [-0.15, -0.1) is 0 Å². The third kappa shape index (κ3) is 2.70. The van der Waals surface area contributed by atoms with Gasteiger partial charge in [-0.25, -0.2) is 0 Å². The number of nitrogens with one attached hydrogen (secondary N) is 1. The highest BCUT2D eigenvalue weighted by atomic mass is 16.5.